The summed E-state index contributed by atoms with van der Waals surface area (Å²) in [5, 5.41) is 9.08. The molecule has 15 heavy (non-hydrogen) atoms. The second-order valence-electron chi connectivity index (χ2n) is 5.83. The van der Waals surface area contributed by atoms with Crippen LogP contribution in [0.15, 0.2) is 0 Å². The highest BCUT2D eigenvalue weighted by molar-refractivity contribution is 5.74. The molecule has 2 aliphatic rings. The number of halogens is 2. The van der Waals surface area contributed by atoms with Crippen LogP contribution in [0.1, 0.15) is 39.5 Å². The Morgan fingerprint density at radius 3 is 2.33 bits per heavy atom. The molecule has 0 heterocycles. The van der Waals surface area contributed by atoms with E-state index in [1.54, 1.807) is 6.92 Å². The van der Waals surface area contributed by atoms with Crippen LogP contribution in [0.5, 0.6) is 0 Å². The van der Waals surface area contributed by atoms with Crippen molar-refractivity contribution < 1.29 is 18.7 Å². The van der Waals surface area contributed by atoms with Gasteiger partial charge in [-0.3, -0.25) is 4.79 Å². The molecule has 1 N–H and O–H groups in total. The van der Waals surface area contributed by atoms with Crippen molar-refractivity contribution in [3.63, 3.8) is 0 Å². The van der Waals surface area contributed by atoms with Crippen LogP contribution >= 0.6 is 0 Å². The summed E-state index contributed by atoms with van der Waals surface area (Å²) >= 11 is 0. The molecule has 0 spiro atoms. The van der Waals surface area contributed by atoms with Crippen LogP contribution < -0.4 is 0 Å². The Kier molecular flexibility index (Phi) is 1.96. The lowest BCUT2D eigenvalue weighted by Gasteiger charge is -2.25. The van der Waals surface area contributed by atoms with Crippen molar-refractivity contribution in [3.8, 4) is 0 Å². The lowest BCUT2D eigenvalue weighted by Crippen LogP contribution is -2.28. The zero-order valence-electron chi connectivity index (χ0n) is 9.02. The van der Waals surface area contributed by atoms with Gasteiger partial charge in [-0.15, -0.1) is 0 Å². The van der Waals surface area contributed by atoms with Crippen molar-refractivity contribution >= 4 is 5.97 Å². The average Bonchev–Trinajstić information content (AvgIpc) is 2.31. The van der Waals surface area contributed by atoms with Crippen molar-refractivity contribution in [1.29, 1.82) is 0 Å². The zero-order chi connectivity index (χ0) is 11.5. The van der Waals surface area contributed by atoms with E-state index in [-0.39, 0.29) is 18.8 Å². The fourth-order valence-electron chi connectivity index (χ4n) is 3.61. The smallest absolute Gasteiger partial charge is 0.309 e. The second kappa shape index (κ2) is 2.71. The SMILES string of the molecule is C[C@@]1(C(=O)O)C[C@@H]2CC(F)(F)C[C@]2(C)C1. The highest BCUT2D eigenvalue weighted by atomic mass is 19.3. The molecule has 0 aliphatic heterocycles. The molecule has 0 radical (unpaired) electrons. The number of hydrogen-bond donors (Lipinski definition) is 1. The molecule has 0 unspecified atom stereocenters. The van der Waals surface area contributed by atoms with Gasteiger partial charge in [0.15, 0.2) is 0 Å². The van der Waals surface area contributed by atoms with E-state index in [9.17, 15) is 13.6 Å². The first-order valence-electron chi connectivity index (χ1n) is 5.28. The van der Waals surface area contributed by atoms with Crippen molar-refractivity contribution in [3.05, 3.63) is 0 Å². The summed E-state index contributed by atoms with van der Waals surface area (Å²) in [4.78, 5) is 11.1. The predicted octanol–water partition coefficient (Wildman–Crippen LogP) is 2.92. The molecule has 2 rings (SSSR count). The lowest BCUT2D eigenvalue weighted by atomic mass is 9.80. The topological polar surface area (TPSA) is 37.3 Å². The molecular weight excluding hydrogens is 202 g/mol. The molecular formula is C11H16F2O2. The normalized spacial score (nSPS) is 47.9. The van der Waals surface area contributed by atoms with Gasteiger partial charge in [0.2, 0.25) is 5.92 Å². The Morgan fingerprint density at radius 2 is 1.87 bits per heavy atom. The Morgan fingerprint density at radius 1 is 1.27 bits per heavy atom. The number of hydrogen-bond acceptors (Lipinski definition) is 1. The number of carboxylic acids is 1. The van der Waals surface area contributed by atoms with E-state index in [1.165, 1.54) is 0 Å². The monoisotopic (exact) mass is 218 g/mol. The van der Waals surface area contributed by atoms with Gasteiger partial charge >= 0.3 is 5.97 Å². The van der Waals surface area contributed by atoms with Gasteiger partial charge in [0.25, 0.3) is 0 Å². The Labute approximate surface area is 87.7 Å². The van der Waals surface area contributed by atoms with Crippen molar-refractivity contribution in [2.75, 3.05) is 0 Å². The fourth-order valence-corrected chi connectivity index (χ4v) is 3.61. The van der Waals surface area contributed by atoms with Crippen LogP contribution in [0.25, 0.3) is 0 Å². The predicted molar refractivity (Wildman–Crippen MR) is 50.8 cm³/mol. The summed E-state index contributed by atoms with van der Waals surface area (Å²) in [5.74, 6) is -3.56. The van der Waals surface area contributed by atoms with E-state index in [4.69, 9.17) is 5.11 Å². The van der Waals surface area contributed by atoms with Gasteiger partial charge in [0.05, 0.1) is 5.41 Å². The van der Waals surface area contributed by atoms with Crippen molar-refractivity contribution in [2.24, 2.45) is 16.7 Å². The summed E-state index contributed by atoms with van der Waals surface area (Å²) < 4.78 is 26.4. The number of carboxylic acid groups (broad SMARTS) is 1. The van der Waals surface area contributed by atoms with Crippen LogP contribution in [-0.4, -0.2) is 17.0 Å². The van der Waals surface area contributed by atoms with Crippen LogP contribution in [0, 0.1) is 16.7 Å². The molecule has 0 saturated heterocycles. The molecule has 2 saturated carbocycles. The van der Waals surface area contributed by atoms with E-state index in [0.717, 1.165) is 0 Å². The largest absolute Gasteiger partial charge is 0.481 e. The van der Waals surface area contributed by atoms with Gasteiger partial charge in [-0.25, -0.2) is 8.78 Å². The highest BCUT2D eigenvalue weighted by Gasteiger charge is 2.62. The quantitative estimate of drug-likeness (QED) is 0.734. The average molecular weight is 218 g/mol. The summed E-state index contributed by atoms with van der Waals surface area (Å²) in [6.07, 6.45) is 0.504. The lowest BCUT2D eigenvalue weighted by molar-refractivity contribution is -0.148. The highest BCUT2D eigenvalue weighted by Crippen LogP contribution is 2.64. The van der Waals surface area contributed by atoms with Crippen LogP contribution in [0.2, 0.25) is 0 Å². The summed E-state index contributed by atoms with van der Waals surface area (Å²) in [6.45, 7) is 3.49. The van der Waals surface area contributed by atoms with Gasteiger partial charge in [-0.1, -0.05) is 6.92 Å². The number of carbonyl (C=O) groups is 1. The standard InChI is InChI=1S/C11H16F2O2/c1-9(8(14)15)3-7-4-11(12,13)6-10(7,2)5-9/h7H,3-6H2,1-2H3,(H,14,15)/t7-,9-,10+/m1/s1. The van der Waals surface area contributed by atoms with Crippen molar-refractivity contribution in [2.45, 2.75) is 45.5 Å². The van der Waals surface area contributed by atoms with Gasteiger partial charge in [0, 0.05) is 12.8 Å². The molecule has 0 amide bonds. The number of alkyl halides is 2. The minimum atomic E-state index is -2.58. The van der Waals surface area contributed by atoms with Gasteiger partial charge < -0.3 is 5.11 Å². The summed E-state index contributed by atoms with van der Waals surface area (Å²) in [6, 6.07) is 0. The minimum absolute atomic E-state index is 0.131. The molecule has 0 aromatic heterocycles. The van der Waals surface area contributed by atoms with E-state index in [0.29, 0.717) is 12.8 Å². The Hall–Kier alpha value is -0.670. The van der Waals surface area contributed by atoms with Crippen LogP contribution in [0.3, 0.4) is 0 Å². The zero-order valence-corrected chi connectivity index (χ0v) is 9.02. The second-order valence-corrected chi connectivity index (χ2v) is 5.83. The van der Waals surface area contributed by atoms with Gasteiger partial charge in [-0.2, -0.15) is 0 Å². The molecule has 0 aromatic carbocycles. The maximum atomic E-state index is 13.2. The number of aliphatic carboxylic acids is 1. The van der Waals surface area contributed by atoms with Crippen molar-refractivity contribution in [1.82, 2.24) is 0 Å². The van der Waals surface area contributed by atoms with Crippen LogP contribution in [0.4, 0.5) is 8.78 Å². The molecule has 86 valence electrons. The molecule has 0 aromatic rings. The third-order valence-corrected chi connectivity index (χ3v) is 4.20. The number of fused-ring (bicyclic) bond motifs is 1. The molecule has 4 heteroatoms. The first-order valence-corrected chi connectivity index (χ1v) is 5.28. The van der Waals surface area contributed by atoms with E-state index < -0.39 is 22.7 Å². The third-order valence-electron chi connectivity index (χ3n) is 4.20. The summed E-state index contributed by atoms with van der Waals surface area (Å²) in [7, 11) is 0. The maximum Gasteiger partial charge on any atom is 0.309 e. The van der Waals surface area contributed by atoms with E-state index in [2.05, 4.69) is 0 Å². The molecule has 2 nitrogen and oxygen atoms in total. The van der Waals surface area contributed by atoms with Gasteiger partial charge in [-0.05, 0) is 31.1 Å². The van der Waals surface area contributed by atoms with E-state index >= 15 is 0 Å². The molecule has 2 aliphatic carbocycles. The van der Waals surface area contributed by atoms with E-state index in [1.807, 2.05) is 6.92 Å². The van der Waals surface area contributed by atoms with Gasteiger partial charge in [0.1, 0.15) is 0 Å². The third kappa shape index (κ3) is 1.54. The molecule has 2 fully saturated rings. The minimum Gasteiger partial charge on any atom is -0.481 e. The molecule has 0 bridgehead atoms. The summed E-state index contributed by atoms with van der Waals surface area (Å²) in [5.41, 5.74) is -1.27. The first kappa shape index (κ1) is 10.8. The Bertz CT molecular complexity index is 316. The fraction of sp³-hybridized carbons (Fsp3) is 0.909. The maximum absolute atomic E-state index is 13.2. The van der Waals surface area contributed by atoms with Crippen LogP contribution in [-0.2, 0) is 4.79 Å². The Balaban J connectivity index is 2.23. The number of rotatable bonds is 1. The first-order chi connectivity index (χ1) is 6.67. The molecule has 3 atom stereocenters.